The van der Waals surface area contributed by atoms with Gasteiger partial charge in [-0.3, -0.25) is 0 Å². The van der Waals surface area contributed by atoms with Gasteiger partial charge in [0.05, 0.1) is 12.5 Å². The molecule has 2 aliphatic rings. The van der Waals surface area contributed by atoms with Gasteiger partial charge in [0.1, 0.15) is 0 Å². The van der Waals surface area contributed by atoms with Gasteiger partial charge in [-0.1, -0.05) is 24.3 Å². The van der Waals surface area contributed by atoms with Crippen molar-refractivity contribution in [2.75, 3.05) is 0 Å². The lowest BCUT2D eigenvalue weighted by Crippen LogP contribution is -1.70. The van der Waals surface area contributed by atoms with Crippen LogP contribution in [0.1, 0.15) is 0 Å². The van der Waals surface area contributed by atoms with Crippen molar-refractivity contribution in [2.24, 2.45) is 0 Å². The van der Waals surface area contributed by atoms with Gasteiger partial charge in [0.2, 0.25) is 0 Å². The summed E-state index contributed by atoms with van der Waals surface area (Å²) in [5, 5.41) is 2.58. The molecule has 0 saturated heterocycles. The van der Waals surface area contributed by atoms with Crippen molar-refractivity contribution in [2.45, 2.75) is 0 Å². The van der Waals surface area contributed by atoms with E-state index in [-0.39, 0.29) is 0 Å². The molecule has 62 valence electrons. The van der Waals surface area contributed by atoms with E-state index < -0.39 is 0 Å². The summed E-state index contributed by atoms with van der Waals surface area (Å²) < 4.78 is 5.12. The van der Waals surface area contributed by atoms with Gasteiger partial charge in [0.15, 0.2) is 0 Å². The normalized spacial score (nSPS) is 11.1. The van der Waals surface area contributed by atoms with Crippen LogP contribution in [0.25, 0.3) is 21.9 Å². The summed E-state index contributed by atoms with van der Waals surface area (Å²) in [6.07, 6.45) is 3.50. The highest BCUT2D eigenvalue weighted by atomic mass is 16.3. The van der Waals surface area contributed by atoms with E-state index in [1.54, 1.807) is 12.5 Å². The van der Waals surface area contributed by atoms with Gasteiger partial charge in [0, 0.05) is 5.56 Å². The third-order valence-corrected chi connectivity index (χ3v) is 2.38. The Morgan fingerprint density at radius 3 is 2.92 bits per heavy atom. The molecule has 0 unspecified atom stereocenters. The average Bonchev–Trinajstić information content (AvgIpc) is 2.56. The Kier molecular flexibility index (Phi) is 1.22. The van der Waals surface area contributed by atoms with Crippen LogP contribution in [0.3, 0.4) is 0 Å². The SMILES string of the molecule is c1ccc2c3ccocc-3cc2c1. The van der Waals surface area contributed by atoms with Crippen LogP contribution < -0.4 is 0 Å². The molecule has 1 aromatic carbocycles. The maximum absolute atomic E-state index is 5.12. The molecule has 0 aromatic heterocycles. The van der Waals surface area contributed by atoms with E-state index in [0.29, 0.717) is 0 Å². The highest BCUT2D eigenvalue weighted by Crippen LogP contribution is 2.33. The van der Waals surface area contributed by atoms with Gasteiger partial charge < -0.3 is 4.42 Å². The van der Waals surface area contributed by atoms with Crippen LogP contribution in [-0.2, 0) is 0 Å². The lowest BCUT2D eigenvalue weighted by Gasteiger charge is -1.95. The summed E-state index contributed by atoms with van der Waals surface area (Å²) in [5.41, 5.74) is 2.44. The van der Waals surface area contributed by atoms with Crippen molar-refractivity contribution >= 4 is 10.8 Å². The summed E-state index contributed by atoms with van der Waals surface area (Å²) in [6.45, 7) is 0. The smallest absolute Gasteiger partial charge is 0.0980 e. The first-order chi connectivity index (χ1) is 6.45. The molecule has 0 bridgehead atoms. The van der Waals surface area contributed by atoms with Crippen molar-refractivity contribution in [1.29, 1.82) is 0 Å². The number of benzene rings is 1. The highest BCUT2D eigenvalue weighted by molar-refractivity contribution is 6.01. The fraction of sp³-hybridized carbons (Fsp3) is 0. The number of fused-ring (bicyclic) bond motifs is 3. The third-order valence-electron chi connectivity index (χ3n) is 2.38. The highest BCUT2D eigenvalue weighted by Gasteiger charge is 2.07. The molecular weight excluding hydrogens is 160 g/mol. The molecule has 1 aliphatic heterocycles. The predicted molar refractivity (Wildman–Crippen MR) is 52.8 cm³/mol. The summed E-state index contributed by atoms with van der Waals surface area (Å²) in [5.74, 6) is 0. The number of hydrogen-bond acceptors (Lipinski definition) is 1. The molecule has 1 aliphatic carbocycles. The van der Waals surface area contributed by atoms with Gasteiger partial charge in [-0.25, -0.2) is 0 Å². The van der Waals surface area contributed by atoms with E-state index in [0.717, 1.165) is 0 Å². The third kappa shape index (κ3) is 0.872. The minimum Gasteiger partial charge on any atom is -0.472 e. The lowest BCUT2D eigenvalue weighted by atomic mass is 10.1. The Morgan fingerprint density at radius 1 is 1.00 bits per heavy atom. The lowest BCUT2D eigenvalue weighted by molar-refractivity contribution is 0.552. The second kappa shape index (κ2) is 2.36. The zero-order valence-corrected chi connectivity index (χ0v) is 7.03. The first kappa shape index (κ1) is 6.72. The Hall–Kier alpha value is -1.76. The first-order valence-corrected chi connectivity index (χ1v) is 4.29. The van der Waals surface area contributed by atoms with Gasteiger partial charge in [-0.05, 0) is 28.5 Å². The van der Waals surface area contributed by atoms with Crippen LogP contribution in [0.15, 0.2) is 53.3 Å². The van der Waals surface area contributed by atoms with Crippen LogP contribution in [0.5, 0.6) is 0 Å². The summed E-state index contributed by atoms with van der Waals surface area (Å²) in [7, 11) is 0. The van der Waals surface area contributed by atoms with Gasteiger partial charge in [0.25, 0.3) is 0 Å². The molecule has 0 atom stereocenters. The zero-order chi connectivity index (χ0) is 8.67. The molecule has 0 saturated carbocycles. The fourth-order valence-electron chi connectivity index (χ4n) is 1.77. The molecule has 1 heterocycles. The molecule has 0 fully saturated rings. The van der Waals surface area contributed by atoms with Crippen LogP contribution in [0, 0.1) is 0 Å². The van der Waals surface area contributed by atoms with Gasteiger partial charge >= 0.3 is 0 Å². The van der Waals surface area contributed by atoms with E-state index >= 15 is 0 Å². The summed E-state index contributed by atoms with van der Waals surface area (Å²) >= 11 is 0. The number of hydrogen-bond donors (Lipinski definition) is 0. The van der Waals surface area contributed by atoms with E-state index in [9.17, 15) is 0 Å². The second-order valence-electron chi connectivity index (χ2n) is 3.16. The molecule has 1 heteroatoms. The van der Waals surface area contributed by atoms with Crippen molar-refractivity contribution in [3.05, 3.63) is 48.9 Å². The molecule has 0 radical (unpaired) electrons. The quantitative estimate of drug-likeness (QED) is 0.500. The van der Waals surface area contributed by atoms with E-state index in [1.165, 1.54) is 21.9 Å². The van der Waals surface area contributed by atoms with E-state index in [1.807, 2.05) is 6.07 Å². The van der Waals surface area contributed by atoms with Crippen LogP contribution in [0.4, 0.5) is 0 Å². The maximum atomic E-state index is 5.12. The van der Waals surface area contributed by atoms with Gasteiger partial charge in [-0.15, -0.1) is 0 Å². The molecular formula is C12H8O. The van der Waals surface area contributed by atoms with Crippen molar-refractivity contribution in [3.8, 4) is 11.1 Å². The Balaban J connectivity index is 2.56. The first-order valence-electron chi connectivity index (χ1n) is 4.29. The van der Waals surface area contributed by atoms with Crippen molar-refractivity contribution < 1.29 is 4.42 Å². The standard InChI is InChI=1S/C12H8O/c1-2-4-11-9(3-1)7-10-8-13-6-5-12(10)11/h1-8H. The molecule has 1 aromatic rings. The summed E-state index contributed by atoms with van der Waals surface area (Å²) in [6, 6.07) is 12.5. The van der Waals surface area contributed by atoms with Crippen LogP contribution in [-0.4, -0.2) is 0 Å². The largest absolute Gasteiger partial charge is 0.472 e. The Labute approximate surface area is 75.9 Å². The predicted octanol–water partition coefficient (Wildman–Crippen LogP) is 3.54. The molecule has 13 heavy (non-hydrogen) atoms. The fourth-order valence-corrected chi connectivity index (χ4v) is 1.77. The molecule has 0 amide bonds. The van der Waals surface area contributed by atoms with Crippen molar-refractivity contribution in [3.63, 3.8) is 0 Å². The average molecular weight is 168 g/mol. The molecule has 3 rings (SSSR count). The van der Waals surface area contributed by atoms with E-state index in [4.69, 9.17) is 4.42 Å². The van der Waals surface area contributed by atoms with Crippen LogP contribution in [0.2, 0.25) is 0 Å². The minimum atomic E-state index is 1.17. The van der Waals surface area contributed by atoms with E-state index in [2.05, 4.69) is 30.3 Å². The second-order valence-corrected chi connectivity index (χ2v) is 3.16. The van der Waals surface area contributed by atoms with Crippen molar-refractivity contribution in [1.82, 2.24) is 0 Å². The minimum absolute atomic E-state index is 1.17. The molecule has 1 nitrogen and oxygen atoms in total. The molecule has 0 spiro atoms. The van der Waals surface area contributed by atoms with Gasteiger partial charge in [-0.2, -0.15) is 0 Å². The number of rotatable bonds is 0. The molecule has 0 N–H and O–H groups in total. The van der Waals surface area contributed by atoms with Crippen LogP contribution >= 0.6 is 0 Å². The maximum Gasteiger partial charge on any atom is 0.0980 e. The zero-order valence-electron chi connectivity index (χ0n) is 7.03. The Bertz CT molecular complexity index is 522. The topological polar surface area (TPSA) is 13.1 Å². The summed E-state index contributed by atoms with van der Waals surface area (Å²) in [4.78, 5) is 0. The Morgan fingerprint density at radius 2 is 1.92 bits per heavy atom. The monoisotopic (exact) mass is 168 g/mol.